The predicted octanol–water partition coefficient (Wildman–Crippen LogP) is 16.9. The van der Waals surface area contributed by atoms with Crippen molar-refractivity contribution >= 4 is 11.9 Å². The molecule has 370 valence electrons. The van der Waals surface area contributed by atoms with Gasteiger partial charge in [0.05, 0.1) is 25.4 Å². The summed E-state index contributed by atoms with van der Waals surface area (Å²) in [4.78, 5) is 24.5. The van der Waals surface area contributed by atoms with Crippen LogP contribution in [0.25, 0.3) is 0 Å². The molecule has 0 fully saturated rings. The molecule has 0 aliphatic heterocycles. The molecule has 2 unspecified atom stereocenters. The molecule has 0 aromatic rings. The number of hydrogen-bond acceptors (Lipinski definition) is 5. The Kier molecular flexibility index (Phi) is 51.1. The van der Waals surface area contributed by atoms with Gasteiger partial charge in [0.25, 0.3) is 0 Å². The van der Waals surface area contributed by atoms with Crippen LogP contribution in [0.5, 0.6) is 0 Å². The van der Waals surface area contributed by atoms with Crippen LogP contribution in [0.3, 0.4) is 0 Å². The summed E-state index contributed by atoms with van der Waals surface area (Å²) >= 11 is 0. The molecule has 63 heavy (non-hydrogen) atoms. The Morgan fingerprint density at radius 2 is 0.746 bits per heavy atom. The summed E-state index contributed by atoms with van der Waals surface area (Å²) in [7, 11) is 0. The molecular formula is C57H107NO5. The highest BCUT2D eigenvalue weighted by molar-refractivity contribution is 5.76. The number of rotatable bonds is 51. The SMILES string of the molecule is CCCCCC/C=C\CCCCCCCC(=O)OCCCC/C=C\CCCCCCCC(=O)NC(CO)C(O)/C=C/CCCCCCCCCCCCCCCCCCCCCC. The molecule has 0 bridgehead atoms. The Morgan fingerprint density at radius 1 is 0.429 bits per heavy atom. The standard InChI is InChI=1S/C57H107NO5/c1-3-5-7-9-11-13-15-17-18-19-20-21-22-23-24-25-27-29-33-37-41-45-49-55(60)54(53-59)58-56(61)50-46-42-38-34-30-28-32-36-40-44-48-52-63-57(62)51-47-43-39-35-31-26-16-14-12-10-8-6-4-2/h14,16,32,36,45,49,54-55,59-60H,3-13,15,17-31,33-35,37-44,46-48,50-53H2,1-2H3,(H,58,61)/b16-14-,36-32-,49-45+. The van der Waals surface area contributed by atoms with E-state index in [1.54, 1.807) is 6.08 Å². The number of ether oxygens (including phenoxy) is 1. The number of esters is 1. The first kappa shape index (κ1) is 61.1. The van der Waals surface area contributed by atoms with Gasteiger partial charge in [-0.3, -0.25) is 9.59 Å². The third-order valence-corrected chi connectivity index (χ3v) is 12.6. The first-order chi connectivity index (χ1) is 31.0. The van der Waals surface area contributed by atoms with Crippen molar-refractivity contribution < 1.29 is 24.5 Å². The van der Waals surface area contributed by atoms with Crippen molar-refractivity contribution in [2.45, 2.75) is 302 Å². The molecule has 6 nitrogen and oxygen atoms in total. The molecule has 2 atom stereocenters. The van der Waals surface area contributed by atoms with Crippen LogP contribution in [0, 0.1) is 0 Å². The Bertz CT molecular complexity index is 1020. The van der Waals surface area contributed by atoms with Gasteiger partial charge in [-0.05, 0) is 83.5 Å². The first-order valence-corrected chi connectivity index (χ1v) is 27.8. The van der Waals surface area contributed by atoms with Crippen LogP contribution in [-0.2, 0) is 14.3 Å². The minimum atomic E-state index is -0.864. The van der Waals surface area contributed by atoms with Gasteiger partial charge >= 0.3 is 5.97 Å². The van der Waals surface area contributed by atoms with E-state index >= 15 is 0 Å². The lowest BCUT2D eigenvalue weighted by molar-refractivity contribution is -0.143. The lowest BCUT2D eigenvalue weighted by Crippen LogP contribution is -2.45. The Labute approximate surface area is 392 Å². The number of amides is 1. The van der Waals surface area contributed by atoms with Crippen molar-refractivity contribution in [3.63, 3.8) is 0 Å². The highest BCUT2D eigenvalue weighted by Gasteiger charge is 2.18. The maximum atomic E-state index is 12.5. The lowest BCUT2D eigenvalue weighted by Gasteiger charge is -2.20. The van der Waals surface area contributed by atoms with Gasteiger partial charge in [-0.2, -0.15) is 0 Å². The van der Waals surface area contributed by atoms with Crippen LogP contribution in [0.1, 0.15) is 290 Å². The second kappa shape index (κ2) is 52.7. The van der Waals surface area contributed by atoms with Crippen LogP contribution >= 0.6 is 0 Å². The molecule has 6 heteroatoms. The molecule has 0 aliphatic carbocycles. The summed E-state index contributed by atoms with van der Waals surface area (Å²) < 4.78 is 5.43. The van der Waals surface area contributed by atoms with Crippen molar-refractivity contribution in [1.82, 2.24) is 5.32 Å². The van der Waals surface area contributed by atoms with Gasteiger partial charge in [0.1, 0.15) is 0 Å². The topological polar surface area (TPSA) is 95.9 Å². The maximum Gasteiger partial charge on any atom is 0.305 e. The molecule has 3 N–H and O–H groups in total. The quantitative estimate of drug-likeness (QED) is 0.0321. The number of aliphatic hydroxyl groups excluding tert-OH is 2. The van der Waals surface area contributed by atoms with Gasteiger partial charge in [0.15, 0.2) is 0 Å². The van der Waals surface area contributed by atoms with E-state index in [9.17, 15) is 19.8 Å². The average molecular weight is 886 g/mol. The van der Waals surface area contributed by atoms with Gasteiger partial charge < -0.3 is 20.3 Å². The van der Waals surface area contributed by atoms with E-state index in [-0.39, 0.29) is 18.5 Å². The summed E-state index contributed by atoms with van der Waals surface area (Å²) in [5, 5.41) is 23.1. The minimum Gasteiger partial charge on any atom is -0.466 e. The zero-order chi connectivity index (χ0) is 45.8. The van der Waals surface area contributed by atoms with E-state index in [0.717, 1.165) is 83.5 Å². The summed E-state index contributed by atoms with van der Waals surface area (Å²) in [5.74, 6) is -0.138. The number of carbonyl (C=O) groups excluding carboxylic acids is 2. The number of allylic oxidation sites excluding steroid dienone is 5. The largest absolute Gasteiger partial charge is 0.466 e. The van der Waals surface area contributed by atoms with Gasteiger partial charge in [-0.1, -0.05) is 230 Å². The average Bonchev–Trinajstić information content (AvgIpc) is 3.28. The summed E-state index contributed by atoms with van der Waals surface area (Å²) in [6.07, 6.45) is 64.5. The molecule has 0 aromatic carbocycles. The van der Waals surface area contributed by atoms with Crippen molar-refractivity contribution in [1.29, 1.82) is 0 Å². The van der Waals surface area contributed by atoms with E-state index in [1.807, 2.05) is 6.08 Å². The highest BCUT2D eigenvalue weighted by atomic mass is 16.5. The fourth-order valence-electron chi connectivity index (χ4n) is 8.33. The van der Waals surface area contributed by atoms with Gasteiger partial charge in [0, 0.05) is 12.8 Å². The zero-order valence-corrected chi connectivity index (χ0v) is 42.1. The van der Waals surface area contributed by atoms with Crippen LogP contribution in [0.15, 0.2) is 36.5 Å². The fraction of sp³-hybridized carbons (Fsp3) is 0.860. The second-order valence-electron chi connectivity index (χ2n) is 18.9. The Hall–Kier alpha value is -1.92. The molecule has 0 aromatic heterocycles. The van der Waals surface area contributed by atoms with Crippen molar-refractivity contribution in [3.05, 3.63) is 36.5 Å². The lowest BCUT2D eigenvalue weighted by atomic mass is 10.0. The van der Waals surface area contributed by atoms with Crippen molar-refractivity contribution in [3.8, 4) is 0 Å². The number of carbonyl (C=O) groups is 2. The second-order valence-corrected chi connectivity index (χ2v) is 18.9. The predicted molar refractivity (Wildman–Crippen MR) is 273 cm³/mol. The maximum absolute atomic E-state index is 12.5. The summed E-state index contributed by atoms with van der Waals surface area (Å²) in [5.41, 5.74) is 0. The molecule has 0 spiro atoms. The molecule has 0 radical (unpaired) electrons. The van der Waals surface area contributed by atoms with Crippen LogP contribution in [-0.4, -0.2) is 47.4 Å². The molecule has 1 amide bonds. The van der Waals surface area contributed by atoms with Crippen LogP contribution < -0.4 is 5.32 Å². The number of unbranched alkanes of at least 4 members (excludes halogenated alkanes) is 36. The third-order valence-electron chi connectivity index (χ3n) is 12.6. The molecule has 0 rings (SSSR count). The van der Waals surface area contributed by atoms with Crippen LogP contribution in [0.2, 0.25) is 0 Å². The monoisotopic (exact) mass is 886 g/mol. The minimum absolute atomic E-state index is 0.0422. The van der Waals surface area contributed by atoms with Crippen molar-refractivity contribution in [2.75, 3.05) is 13.2 Å². The summed E-state index contributed by atoms with van der Waals surface area (Å²) in [6.45, 7) is 4.81. The number of nitrogens with one attached hydrogen (secondary N) is 1. The third kappa shape index (κ3) is 49.4. The molecule has 0 saturated carbocycles. The van der Waals surface area contributed by atoms with E-state index < -0.39 is 12.1 Å². The van der Waals surface area contributed by atoms with E-state index in [0.29, 0.717) is 19.4 Å². The molecular weight excluding hydrogens is 779 g/mol. The van der Waals surface area contributed by atoms with Gasteiger partial charge in [-0.25, -0.2) is 0 Å². The molecule has 0 heterocycles. The molecule has 0 aliphatic rings. The van der Waals surface area contributed by atoms with Crippen molar-refractivity contribution in [2.24, 2.45) is 0 Å². The number of aliphatic hydroxyl groups is 2. The van der Waals surface area contributed by atoms with Crippen LogP contribution in [0.4, 0.5) is 0 Å². The Morgan fingerprint density at radius 3 is 1.14 bits per heavy atom. The fourth-order valence-corrected chi connectivity index (χ4v) is 8.33. The zero-order valence-electron chi connectivity index (χ0n) is 42.1. The smallest absolute Gasteiger partial charge is 0.305 e. The van der Waals surface area contributed by atoms with E-state index in [2.05, 4.69) is 43.5 Å². The number of hydrogen-bond donors (Lipinski definition) is 3. The normalized spacial score (nSPS) is 12.9. The highest BCUT2D eigenvalue weighted by Crippen LogP contribution is 2.16. The first-order valence-electron chi connectivity index (χ1n) is 27.8. The summed E-state index contributed by atoms with van der Waals surface area (Å²) in [6, 6.07) is -0.650. The van der Waals surface area contributed by atoms with E-state index in [1.165, 1.54) is 180 Å². The Balaban J connectivity index is 3.55. The molecule has 0 saturated heterocycles. The van der Waals surface area contributed by atoms with E-state index in [4.69, 9.17) is 4.74 Å². The van der Waals surface area contributed by atoms with Gasteiger partial charge in [-0.15, -0.1) is 0 Å². The van der Waals surface area contributed by atoms with Gasteiger partial charge in [0.2, 0.25) is 5.91 Å².